The molecule has 2 heterocycles. The van der Waals surface area contributed by atoms with E-state index in [2.05, 4.69) is 24.1 Å². The summed E-state index contributed by atoms with van der Waals surface area (Å²) in [7, 11) is 0. The van der Waals surface area contributed by atoms with Gasteiger partial charge in [0.2, 0.25) is 0 Å². The molecular formula is C20H31ClN4O3. The number of carbonyl (C=O) groups excluding carboxylic acids is 1. The summed E-state index contributed by atoms with van der Waals surface area (Å²) in [6.07, 6.45) is 1.14. The summed E-state index contributed by atoms with van der Waals surface area (Å²) in [4.78, 5) is 28.3. The van der Waals surface area contributed by atoms with E-state index in [-0.39, 0.29) is 41.0 Å². The first-order valence-electron chi connectivity index (χ1n) is 9.85. The summed E-state index contributed by atoms with van der Waals surface area (Å²) in [5, 5.41) is 15.1. The normalized spacial score (nSPS) is 27.9. The quantitative estimate of drug-likeness (QED) is 0.610. The molecule has 156 valence electrons. The molecule has 0 spiro atoms. The number of nitro groups is 1. The van der Waals surface area contributed by atoms with E-state index in [0.717, 1.165) is 26.1 Å². The number of carbonyl (C=O) groups is 1. The molecule has 4 atom stereocenters. The van der Waals surface area contributed by atoms with Gasteiger partial charge in [0.25, 0.3) is 11.6 Å². The molecule has 8 heteroatoms. The molecule has 0 radical (unpaired) electrons. The Hall–Kier alpha value is -1.86. The molecule has 0 aliphatic carbocycles. The van der Waals surface area contributed by atoms with Crippen LogP contribution in [0.25, 0.3) is 0 Å². The lowest BCUT2D eigenvalue weighted by molar-refractivity contribution is -0.384. The van der Waals surface area contributed by atoms with Crippen molar-refractivity contribution in [3.8, 4) is 0 Å². The zero-order chi connectivity index (χ0) is 19.7. The summed E-state index contributed by atoms with van der Waals surface area (Å²) in [6.45, 7) is 11.4. The molecule has 0 aromatic heterocycles. The molecule has 1 amide bonds. The number of nitrogens with one attached hydrogen (secondary N) is 1. The number of hydrogen-bond donors (Lipinski definition) is 1. The molecular weight excluding hydrogens is 380 g/mol. The number of nitrogens with zero attached hydrogens (tertiary/aromatic N) is 3. The fraction of sp³-hybridized carbons (Fsp3) is 0.650. The monoisotopic (exact) mass is 410 g/mol. The maximum absolute atomic E-state index is 13.0. The second kappa shape index (κ2) is 9.09. The van der Waals surface area contributed by atoms with Crippen LogP contribution in [0.3, 0.4) is 0 Å². The summed E-state index contributed by atoms with van der Waals surface area (Å²) in [6, 6.07) is 5.21. The Balaban J connectivity index is 0.00000280. The highest BCUT2D eigenvalue weighted by Crippen LogP contribution is 2.34. The fourth-order valence-electron chi connectivity index (χ4n) is 4.44. The Morgan fingerprint density at radius 3 is 2.43 bits per heavy atom. The first kappa shape index (κ1) is 22.4. The van der Waals surface area contributed by atoms with Gasteiger partial charge in [-0.25, -0.2) is 0 Å². The van der Waals surface area contributed by atoms with Crippen molar-refractivity contribution in [1.29, 1.82) is 0 Å². The van der Waals surface area contributed by atoms with Gasteiger partial charge in [0, 0.05) is 49.9 Å². The number of piperidine rings is 1. The third kappa shape index (κ3) is 4.58. The highest BCUT2D eigenvalue weighted by molar-refractivity contribution is 5.96. The average Bonchev–Trinajstić information content (AvgIpc) is 2.62. The van der Waals surface area contributed by atoms with Gasteiger partial charge in [0.05, 0.1) is 4.92 Å². The molecule has 1 aromatic carbocycles. The lowest BCUT2D eigenvalue weighted by Gasteiger charge is -2.39. The third-order valence-corrected chi connectivity index (χ3v) is 5.92. The molecule has 7 nitrogen and oxygen atoms in total. The molecule has 2 aliphatic rings. The van der Waals surface area contributed by atoms with Crippen LogP contribution in [0.4, 0.5) is 11.4 Å². The molecule has 28 heavy (non-hydrogen) atoms. The molecule has 2 saturated heterocycles. The van der Waals surface area contributed by atoms with Gasteiger partial charge in [0.1, 0.15) is 5.69 Å². The lowest BCUT2D eigenvalue weighted by Crippen LogP contribution is -2.57. The zero-order valence-corrected chi connectivity index (χ0v) is 17.9. The molecule has 0 bridgehead atoms. The summed E-state index contributed by atoms with van der Waals surface area (Å²) < 4.78 is 0. The number of rotatable bonds is 3. The summed E-state index contributed by atoms with van der Waals surface area (Å²) in [5.74, 6) is 0.863. The van der Waals surface area contributed by atoms with E-state index in [9.17, 15) is 14.9 Å². The minimum Gasteiger partial charge on any atom is -0.365 e. The maximum atomic E-state index is 13.0. The van der Waals surface area contributed by atoms with Crippen molar-refractivity contribution in [3.05, 3.63) is 33.9 Å². The van der Waals surface area contributed by atoms with Crippen LogP contribution in [0.1, 0.15) is 44.5 Å². The fourth-order valence-corrected chi connectivity index (χ4v) is 4.44. The van der Waals surface area contributed by atoms with Gasteiger partial charge in [-0.15, -0.1) is 12.4 Å². The minimum absolute atomic E-state index is 0. The molecule has 3 rings (SSSR count). The van der Waals surface area contributed by atoms with E-state index in [1.165, 1.54) is 6.07 Å². The number of nitro benzene ring substituents is 1. The SMILES string of the molecule is CC1CC(C)CN(c2ccc(C(=O)N3CCNC(C)C3C)cc2[N+](=O)[O-])C1.Cl. The number of halogens is 1. The highest BCUT2D eigenvalue weighted by Gasteiger charge is 2.31. The predicted octanol–water partition coefficient (Wildman–Crippen LogP) is 3.32. The van der Waals surface area contributed by atoms with Crippen molar-refractivity contribution in [2.45, 2.75) is 46.2 Å². The van der Waals surface area contributed by atoms with Gasteiger partial charge >= 0.3 is 0 Å². The van der Waals surface area contributed by atoms with E-state index in [4.69, 9.17) is 0 Å². The van der Waals surface area contributed by atoms with Gasteiger partial charge in [0.15, 0.2) is 0 Å². The number of benzene rings is 1. The van der Waals surface area contributed by atoms with E-state index in [1.807, 2.05) is 18.7 Å². The van der Waals surface area contributed by atoms with Gasteiger partial charge < -0.3 is 15.1 Å². The van der Waals surface area contributed by atoms with Crippen LogP contribution in [-0.2, 0) is 0 Å². The van der Waals surface area contributed by atoms with Crippen LogP contribution in [0.5, 0.6) is 0 Å². The molecule has 2 fully saturated rings. The Bertz CT molecular complexity index is 719. The van der Waals surface area contributed by atoms with E-state index in [1.54, 1.807) is 12.1 Å². The average molecular weight is 411 g/mol. The standard InChI is InChI=1S/C20H30N4O3.ClH/c1-13-9-14(2)12-22(11-13)18-6-5-17(10-19(18)24(26)27)20(25)23-8-7-21-15(3)16(23)4;/h5-6,10,13-16,21H,7-9,11-12H2,1-4H3;1H. The van der Waals surface area contributed by atoms with Crippen LogP contribution in [0.15, 0.2) is 18.2 Å². The van der Waals surface area contributed by atoms with Crippen molar-refractivity contribution in [2.75, 3.05) is 31.1 Å². The summed E-state index contributed by atoms with van der Waals surface area (Å²) in [5.41, 5.74) is 1.04. The Morgan fingerprint density at radius 1 is 1.18 bits per heavy atom. The minimum atomic E-state index is -0.361. The first-order chi connectivity index (χ1) is 12.8. The molecule has 1 N–H and O–H groups in total. The lowest BCUT2D eigenvalue weighted by atomic mass is 9.91. The van der Waals surface area contributed by atoms with E-state index < -0.39 is 0 Å². The number of piperazine rings is 1. The van der Waals surface area contributed by atoms with Crippen LogP contribution in [0, 0.1) is 22.0 Å². The largest absolute Gasteiger partial charge is 0.365 e. The Morgan fingerprint density at radius 2 is 1.82 bits per heavy atom. The van der Waals surface area contributed by atoms with Crippen molar-refractivity contribution >= 4 is 29.7 Å². The predicted molar refractivity (Wildman–Crippen MR) is 113 cm³/mol. The maximum Gasteiger partial charge on any atom is 0.293 e. The van der Waals surface area contributed by atoms with Gasteiger partial charge in [-0.05, 0) is 44.2 Å². The van der Waals surface area contributed by atoms with E-state index >= 15 is 0 Å². The molecule has 0 saturated carbocycles. The van der Waals surface area contributed by atoms with Crippen molar-refractivity contribution < 1.29 is 9.72 Å². The van der Waals surface area contributed by atoms with Gasteiger partial charge in [-0.2, -0.15) is 0 Å². The zero-order valence-electron chi connectivity index (χ0n) is 17.1. The molecule has 4 unspecified atom stereocenters. The highest BCUT2D eigenvalue weighted by atomic mass is 35.5. The topological polar surface area (TPSA) is 78.7 Å². The van der Waals surface area contributed by atoms with Crippen molar-refractivity contribution in [2.24, 2.45) is 11.8 Å². The van der Waals surface area contributed by atoms with Crippen molar-refractivity contribution in [1.82, 2.24) is 10.2 Å². The summed E-state index contributed by atoms with van der Waals surface area (Å²) >= 11 is 0. The number of hydrogen-bond acceptors (Lipinski definition) is 5. The second-order valence-corrected chi connectivity index (χ2v) is 8.29. The smallest absolute Gasteiger partial charge is 0.293 e. The molecule has 1 aromatic rings. The third-order valence-electron chi connectivity index (χ3n) is 5.92. The first-order valence-corrected chi connectivity index (χ1v) is 9.85. The van der Waals surface area contributed by atoms with Gasteiger partial charge in [-0.1, -0.05) is 13.8 Å². The second-order valence-electron chi connectivity index (χ2n) is 8.29. The Kier molecular flexibility index (Phi) is 7.28. The van der Waals surface area contributed by atoms with E-state index in [0.29, 0.717) is 29.6 Å². The van der Waals surface area contributed by atoms with Crippen LogP contribution in [0.2, 0.25) is 0 Å². The molecule has 2 aliphatic heterocycles. The van der Waals surface area contributed by atoms with Crippen LogP contribution >= 0.6 is 12.4 Å². The van der Waals surface area contributed by atoms with Crippen LogP contribution in [-0.4, -0.2) is 54.0 Å². The number of amides is 1. The Labute approximate surface area is 173 Å². The van der Waals surface area contributed by atoms with Crippen molar-refractivity contribution in [3.63, 3.8) is 0 Å². The van der Waals surface area contributed by atoms with Crippen LogP contribution < -0.4 is 10.2 Å². The number of anilines is 1. The van der Waals surface area contributed by atoms with Gasteiger partial charge in [-0.3, -0.25) is 14.9 Å².